The summed E-state index contributed by atoms with van der Waals surface area (Å²) in [5, 5.41) is 6.32. The van der Waals surface area contributed by atoms with Crippen LogP contribution in [0.3, 0.4) is 0 Å². The molecule has 3 rings (SSSR count). The minimum Gasteiger partial charge on any atom is -0.344 e. The number of carbonyl (C=O) groups is 2. The first-order valence-corrected chi connectivity index (χ1v) is 7.38. The summed E-state index contributed by atoms with van der Waals surface area (Å²) in [6.45, 7) is 2.86. The second-order valence-electron chi connectivity index (χ2n) is 6.33. The summed E-state index contributed by atoms with van der Waals surface area (Å²) in [5.41, 5.74) is 0.249. The molecule has 106 valence electrons. The van der Waals surface area contributed by atoms with Crippen LogP contribution in [0.15, 0.2) is 0 Å². The number of carbonyl (C=O) groups excluding carboxylic acids is 2. The molecule has 2 saturated heterocycles. The van der Waals surface area contributed by atoms with E-state index in [9.17, 15) is 9.59 Å². The van der Waals surface area contributed by atoms with Crippen molar-refractivity contribution < 1.29 is 9.59 Å². The molecule has 2 atom stereocenters. The van der Waals surface area contributed by atoms with Crippen molar-refractivity contribution in [3.05, 3.63) is 0 Å². The fraction of sp³-hybridized carbons (Fsp3) is 0.857. The van der Waals surface area contributed by atoms with Crippen molar-refractivity contribution in [2.75, 3.05) is 26.7 Å². The molecular weight excluding hydrogens is 242 g/mol. The number of likely N-dealkylation sites (tertiary alicyclic amines) is 1. The number of piperidine rings is 2. The lowest BCUT2D eigenvalue weighted by Crippen LogP contribution is -2.51. The normalized spacial score (nSPS) is 33.3. The molecule has 2 N–H and O–H groups in total. The Kier molecular flexibility index (Phi) is 3.25. The van der Waals surface area contributed by atoms with E-state index in [2.05, 4.69) is 10.6 Å². The van der Waals surface area contributed by atoms with Crippen molar-refractivity contribution in [1.29, 1.82) is 0 Å². The topological polar surface area (TPSA) is 61.4 Å². The Morgan fingerprint density at radius 2 is 2.16 bits per heavy atom. The van der Waals surface area contributed by atoms with Gasteiger partial charge in [-0.15, -0.1) is 0 Å². The van der Waals surface area contributed by atoms with Gasteiger partial charge in [0.2, 0.25) is 11.8 Å². The first-order chi connectivity index (χ1) is 9.12. The second kappa shape index (κ2) is 4.78. The van der Waals surface area contributed by atoms with Gasteiger partial charge < -0.3 is 15.5 Å². The van der Waals surface area contributed by atoms with Crippen molar-refractivity contribution in [3.8, 4) is 0 Å². The van der Waals surface area contributed by atoms with Gasteiger partial charge in [0.05, 0.1) is 0 Å². The zero-order valence-electron chi connectivity index (χ0n) is 11.6. The minimum absolute atomic E-state index is 0.0691. The lowest BCUT2D eigenvalue weighted by Gasteiger charge is -2.30. The van der Waals surface area contributed by atoms with E-state index >= 15 is 0 Å². The van der Waals surface area contributed by atoms with E-state index in [1.54, 1.807) is 4.90 Å². The van der Waals surface area contributed by atoms with E-state index in [4.69, 9.17) is 0 Å². The third-order valence-electron chi connectivity index (χ3n) is 5.08. The van der Waals surface area contributed by atoms with Crippen LogP contribution >= 0.6 is 0 Å². The van der Waals surface area contributed by atoms with Crippen LogP contribution in [0.2, 0.25) is 0 Å². The fourth-order valence-electron chi connectivity index (χ4n) is 3.63. The largest absolute Gasteiger partial charge is 0.344 e. The molecule has 19 heavy (non-hydrogen) atoms. The first kappa shape index (κ1) is 12.9. The molecule has 0 radical (unpaired) electrons. The van der Waals surface area contributed by atoms with E-state index in [0.717, 1.165) is 51.7 Å². The molecule has 0 bridgehead atoms. The van der Waals surface area contributed by atoms with Crippen LogP contribution in [0, 0.1) is 11.3 Å². The molecular formula is C14H23N3O2. The van der Waals surface area contributed by atoms with Crippen molar-refractivity contribution in [1.82, 2.24) is 15.5 Å². The molecule has 1 aliphatic carbocycles. The molecule has 5 nitrogen and oxygen atoms in total. The fourth-order valence-corrected chi connectivity index (χ4v) is 3.63. The van der Waals surface area contributed by atoms with Gasteiger partial charge in [-0.25, -0.2) is 0 Å². The number of nitrogens with zero attached hydrogens (tertiary/aromatic N) is 1. The molecule has 3 aliphatic rings. The van der Waals surface area contributed by atoms with Gasteiger partial charge in [0.15, 0.2) is 0 Å². The van der Waals surface area contributed by atoms with Gasteiger partial charge in [0.1, 0.15) is 6.04 Å². The Balaban J connectivity index is 1.56. The summed E-state index contributed by atoms with van der Waals surface area (Å²) >= 11 is 0. The Bertz CT molecular complexity index is 390. The highest BCUT2D eigenvalue weighted by molar-refractivity contribution is 5.90. The third-order valence-corrected chi connectivity index (χ3v) is 5.08. The summed E-state index contributed by atoms with van der Waals surface area (Å²) in [4.78, 5) is 26.0. The summed E-state index contributed by atoms with van der Waals surface area (Å²) in [6.07, 6.45) is 4.98. The summed E-state index contributed by atoms with van der Waals surface area (Å²) in [6, 6.07) is -0.286. The van der Waals surface area contributed by atoms with Crippen LogP contribution in [-0.2, 0) is 9.59 Å². The van der Waals surface area contributed by atoms with Gasteiger partial charge >= 0.3 is 0 Å². The molecule has 1 saturated carbocycles. The predicted octanol–water partition coefficient (Wildman–Crippen LogP) is 0.113. The van der Waals surface area contributed by atoms with Crippen molar-refractivity contribution in [2.45, 2.75) is 38.1 Å². The highest BCUT2D eigenvalue weighted by Crippen LogP contribution is 2.58. The van der Waals surface area contributed by atoms with Crippen LogP contribution < -0.4 is 10.6 Å². The van der Waals surface area contributed by atoms with Crippen LogP contribution in [-0.4, -0.2) is 49.4 Å². The van der Waals surface area contributed by atoms with Gasteiger partial charge in [-0.2, -0.15) is 0 Å². The molecule has 3 fully saturated rings. The van der Waals surface area contributed by atoms with Gasteiger partial charge in [0.25, 0.3) is 0 Å². The van der Waals surface area contributed by atoms with Gasteiger partial charge in [-0.3, -0.25) is 9.59 Å². The molecule has 2 unspecified atom stereocenters. The zero-order valence-corrected chi connectivity index (χ0v) is 11.6. The number of nitrogens with one attached hydrogen (secondary N) is 2. The first-order valence-electron chi connectivity index (χ1n) is 7.38. The summed E-state index contributed by atoms with van der Waals surface area (Å²) in [5.74, 6) is 0.324. The third kappa shape index (κ3) is 2.36. The second-order valence-corrected chi connectivity index (χ2v) is 6.33. The van der Waals surface area contributed by atoms with Crippen LogP contribution in [0.5, 0.6) is 0 Å². The van der Waals surface area contributed by atoms with Gasteiger partial charge in [-0.1, -0.05) is 0 Å². The molecule has 0 aromatic carbocycles. The standard InChI is InChI=1S/C14H23N3O2/c1-17-8-2-3-11(13(17)19)16-12(18)10-9-14(10)4-6-15-7-5-14/h10-11,15H,2-9H2,1H3,(H,16,18). The molecule has 0 aromatic rings. The number of hydrogen-bond acceptors (Lipinski definition) is 3. The number of amides is 2. The van der Waals surface area contributed by atoms with Crippen molar-refractivity contribution in [2.24, 2.45) is 11.3 Å². The average molecular weight is 265 g/mol. The molecule has 2 amide bonds. The maximum Gasteiger partial charge on any atom is 0.244 e. The maximum atomic E-state index is 12.3. The molecule has 5 heteroatoms. The zero-order chi connectivity index (χ0) is 13.5. The quantitative estimate of drug-likeness (QED) is 0.745. The van der Waals surface area contributed by atoms with Crippen LogP contribution in [0.1, 0.15) is 32.1 Å². The van der Waals surface area contributed by atoms with E-state index < -0.39 is 0 Å². The summed E-state index contributed by atoms with van der Waals surface area (Å²) < 4.78 is 0. The predicted molar refractivity (Wildman–Crippen MR) is 71.4 cm³/mol. The highest BCUT2D eigenvalue weighted by Gasteiger charge is 2.57. The van der Waals surface area contributed by atoms with Crippen LogP contribution in [0.25, 0.3) is 0 Å². The Morgan fingerprint density at radius 1 is 1.42 bits per heavy atom. The monoisotopic (exact) mass is 265 g/mol. The summed E-state index contributed by atoms with van der Waals surface area (Å²) in [7, 11) is 1.81. The minimum atomic E-state index is -0.286. The average Bonchev–Trinajstić information content (AvgIpc) is 3.09. The number of likely N-dealkylation sites (N-methyl/N-ethyl adjacent to an activating group) is 1. The molecule has 2 heterocycles. The molecule has 1 spiro atoms. The Labute approximate surface area is 114 Å². The van der Waals surface area contributed by atoms with Gasteiger partial charge in [0, 0.05) is 19.5 Å². The van der Waals surface area contributed by atoms with E-state index in [1.165, 1.54) is 0 Å². The van der Waals surface area contributed by atoms with E-state index in [0.29, 0.717) is 0 Å². The lowest BCUT2D eigenvalue weighted by molar-refractivity contribution is -0.138. The Hall–Kier alpha value is -1.10. The highest BCUT2D eigenvalue weighted by atomic mass is 16.2. The number of hydrogen-bond donors (Lipinski definition) is 2. The van der Waals surface area contributed by atoms with Crippen molar-refractivity contribution >= 4 is 11.8 Å². The molecule has 0 aromatic heterocycles. The smallest absolute Gasteiger partial charge is 0.244 e. The van der Waals surface area contributed by atoms with E-state index in [-0.39, 0.29) is 29.2 Å². The van der Waals surface area contributed by atoms with Crippen LogP contribution in [0.4, 0.5) is 0 Å². The van der Waals surface area contributed by atoms with Gasteiger partial charge in [-0.05, 0) is 50.6 Å². The lowest BCUT2D eigenvalue weighted by atomic mass is 9.91. The van der Waals surface area contributed by atoms with E-state index in [1.807, 2.05) is 7.05 Å². The van der Waals surface area contributed by atoms with Crippen molar-refractivity contribution in [3.63, 3.8) is 0 Å². The number of rotatable bonds is 2. The maximum absolute atomic E-state index is 12.3. The molecule has 2 aliphatic heterocycles. The SMILES string of the molecule is CN1CCCC(NC(=O)C2CC23CCNCC3)C1=O. The Morgan fingerprint density at radius 3 is 2.89 bits per heavy atom.